The Morgan fingerprint density at radius 2 is 1.67 bits per heavy atom. The van der Waals surface area contributed by atoms with Crippen molar-refractivity contribution in [3.05, 3.63) is 25.3 Å². The van der Waals surface area contributed by atoms with Crippen LogP contribution in [0.3, 0.4) is 0 Å². The molecule has 52 valence electrons. The fourth-order valence-electron chi connectivity index (χ4n) is 0.743. The van der Waals surface area contributed by atoms with Gasteiger partial charge in [-0.1, -0.05) is 19.1 Å². The van der Waals surface area contributed by atoms with Crippen LogP contribution in [0.25, 0.3) is 0 Å². The molecule has 1 unspecified atom stereocenters. The molecule has 0 N–H and O–H groups in total. The van der Waals surface area contributed by atoms with Crippen LogP contribution < -0.4 is 0 Å². The second kappa shape index (κ2) is 3.85. The Bertz CT molecular complexity index is 91.1. The molecule has 0 heterocycles. The van der Waals surface area contributed by atoms with E-state index in [0.717, 1.165) is 12.8 Å². The highest BCUT2D eigenvalue weighted by molar-refractivity contribution is 7.18. The highest BCUT2D eigenvalue weighted by Crippen LogP contribution is 2.26. The van der Waals surface area contributed by atoms with Crippen LogP contribution in [0.2, 0.25) is 0 Å². The molecule has 0 bridgehead atoms. The van der Waals surface area contributed by atoms with Crippen molar-refractivity contribution in [3.8, 4) is 0 Å². The van der Waals surface area contributed by atoms with E-state index in [2.05, 4.69) is 29.3 Å². The lowest BCUT2D eigenvalue weighted by Crippen LogP contribution is -2.11. The molecule has 0 rings (SSSR count). The maximum absolute atomic E-state index is 3.68. The van der Waals surface area contributed by atoms with Crippen molar-refractivity contribution in [2.24, 2.45) is 0 Å². The van der Waals surface area contributed by atoms with Crippen LogP contribution in [0.5, 0.6) is 0 Å². The topological polar surface area (TPSA) is 0 Å². The fraction of sp³-hybridized carbons (Fsp3) is 0.500. The third-order valence-corrected chi connectivity index (χ3v) is 1.69. The maximum atomic E-state index is 3.68. The van der Waals surface area contributed by atoms with Crippen molar-refractivity contribution < 1.29 is 0 Å². The maximum Gasteiger partial charge on any atom is -0.0110 e. The molecule has 0 aromatic carbocycles. The fourth-order valence-corrected chi connectivity index (χ4v) is 1.08. The minimum Gasteiger partial charge on any atom is -0.131 e. The van der Waals surface area contributed by atoms with Gasteiger partial charge in [-0.15, -0.1) is 22.4 Å². The molecule has 1 atom stereocenters. The van der Waals surface area contributed by atoms with Crippen LogP contribution in [0.15, 0.2) is 25.3 Å². The Kier molecular flexibility index (Phi) is 3.81. The lowest BCUT2D eigenvalue weighted by molar-refractivity contribution is 0.664. The Morgan fingerprint density at radius 3 is 1.89 bits per heavy atom. The molecule has 0 aliphatic carbocycles. The van der Waals surface area contributed by atoms with Crippen molar-refractivity contribution in [3.63, 3.8) is 0 Å². The Hall–Kier alpha value is -0.0900. The molecular weight excluding hydrogens is 127 g/mol. The zero-order chi connectivity index (χ0) is 7.33. The van der Waals surface area contributed by atoms with Gasteiger partial charge in [-0.05, 0) is 18.0 Å². The van der Waals surface area contributed by atoms with Gasteiger partial charge in [0, 0.05) is 0 Å². The summed E-state index contributed by atoms with van der Waals surface area (Å²) in [5.41, 5.74) is 0. The SMILES string of the molecule is C=CCC(C)(P)CC=C. The van der Waals surface area contributed by atoms with Crippen LogP contribution in [-0.2, 0) is 0 Å². The first-order valence-corrected chi connectivity index (χ1v) is 3.71. The van der Waals surface area contributed by atoms with Gasteiger partial charge >= 0.3 is 0 Å². The van der Waals surface area contributed by atoms with Gasteiger partial charge in [0.05, 0.1) is 0 Å². The zero-order valence-electron chi connectivity index (χ0n) is 6.06. The molecular formula is C8H15P. The van der Waals surface area contributed by atoms with Crippen LogP contribution in [0.1, 0.15) is 19.8 Å². The predicted octanol–water partition coefficient (Wildman–Crippen LogP) is 2.77. The lowest BCUT2D eigenvalue weighted by Gasteiger charge is -2.19. The second-order valence-corrected chi connectivity index (χ2v) is 4.03. The first-order chi connectivity index (χ1) is 4.12. The predicted molar refractivity (Wildman–Crippen MR) is 47.7 cm³/mol. The van der Waals surface area contributed by atoms with E-state index < -0.39 is 0 Å². The molecule has 0 aliphatic rings. The average molecular weight is 142 g/mol. The summed E-state index contributed by atoms with van der Waals surface area (Å²) in [6, 6.07) is 0. The highest BCUT2D eigenvalue weighted by Gasteiger charge is 2.12. The van der Waals surface area contributed by atoms with Gasteiger partial charge < -0.3 is 0 Å². The number of rotatable bonds is 4. The zero-order valence-corrected chi connectivity index (χ0v) is 7.22. The largest absolute Gasteiger partial charge is 0.131 e. The standard InChI is InChI=1S/C8H15P/c1-4-6-8(3,9)7-5-2/h4-5H,1-2,6-7,9H2,3H3. The van der Waals surface area contributed by atoms with Gasteiger partial charge in [-0.2, -0.15) is 0 Å². The van der Waals surface area contributed by atoms with E-state index in [0.29, 0.717) is 0 Å². The Balaban J connectivity index is 3.68. The summed E-state index contributed by atoms with van der Waals surface area (Å²) < 4.78 is 0. The minimum atomic E-state index is 0.281. The van der Waals surface area contributed by atoms with Gasteiger partial charge in [0.15, 0.2) is 0 Å². The quantitative estimate of drug-likeness (QED) is 0.418. The van der Waals surface area contributed by atoms with E-state index in [9.17, 15) is 0 Å². The van der Waals surface area contributed by atoms with Gasteiger partial charge in [-0.25, -0.2) is 0 Å². The molecule has 9 heavy (non-hydrogen) atoms. The van der Waals surface area contributed by atoms with E-state index >= 15 is 0 Å². The van der Waals surface area contributed by atoms with E-state index in [-0.39, 0.29) is 5.16 Å². The number of allylic oxidation sites excluding steroid dienone is 2. The Labute approximate surface area is 60.2 Å². The van der Waals surface area contributed by atoms with Crippen molar-refractivity contribution in [1.29, 1.82) is 0 Å². The average Bonchev–Trinajstić information content (AvgIpc) is 1.64. The summed E-state index contributed by atoms with van der Waals surface area (Å²) in [4.78, 5) is 0. The van der Waals surface area contributed by atoms with Crippen LogP contribution in [0.4, 0.5) is 0 Å². The van der Waals surface area contributed by atoms with Crippen LogP contribution in [0, 0.1) is 0 Å². The summed E-state index contributed by atoms with van der Waals surface area (Å²) >= 11 is 0. The highest BCUT2D eigenvalue weighted by atomic mass is 31.0. The molecule has 0 radical (unpaired) electrons. The van der Waals surface area contributed by atoms with E-state index in [4.69, 9.17) is 0 Å². The first kappa shape index (κ1) is 8.91. The van der Waals surface area contributed by atoms with Gasteiger partial charge in [0.2, 0.25) is 0 Å². The molecule has 0 fully saturated rings. The summed E-state index contributed by atoms with van der Waals surface area (Å²) in [5, 5.41) is 0.281. The monoisotopic (exact) mass is 142 g/mol. The van der Waals surface area contributed by atoms with E-state index in [1.165, 1.54) is 0 Å². The third-order valence-electron chi connectivity index (χ3n) is 1.22. The van der Waals surface area contributed by atoms with Crippen LogP contribution >= 0.6 is 9.24 Å². The first-order valence-electron chi connectivity index (χ1n) is 3.13. The number of hydrogen-bond acceptors (Lipinski definition) is 0. The van der Waals surface area contributed by atoms with E-state index in [1.54, 1.807) is 0 Å². The molecule has 0 aromatic heterocycles. The molecule has 0 saturated carbocycles. The minimum absolute atomic E-state index is 0.281. The smallest absolute Gasteiger partial charge is 0.0110 e. The van der Waals surface area contributed by atoms with Gasteiger partial charge in [0.25, 0.3) is 0 Å². The van der Waals surface area contributed by atoms with Crippen LogP contribution in [-0.4, -0.2) is 5.16 Å². The van der Waals surface area contributed by atoms with Gasteiger partial charge in [-0.3, -0.25) is 0 Å². The lowest BCUT2D eigenvalue weighted by atomic mass is 10.0. The summed E-state index contributed by atoms with van der Waals surface area (Å²) in [6.45, 7) is 9.54. The molecule has 0 amide bonds. The molecule has 0 saturated heterocycles. The third kappa shape index (κ3) is 4.42. The van der Waals surface area contributed by atoms with E-state index in [1.807, 2.05) is 12.2 Å². The normalized spacial score (nSPS) is 10.9. The second-order valence-electron chi connectivity index (χ2n) is 2.64. The molecule has 0 spiro atoms. The Morgan fingerprint density at radius 1 is 1.33 bits per heavy atom. The summed E-state index contributed by atoms with van der Waals surface area (Å²) in [5.74, 6) is 0. The molecule has 1 heteroatoms. The van der Waals surface area contributed by atoms with Crippen molar-refractivity contribution >= 4 is 9.24 Å². The number of hydrogen-bond donors (Lipinski definition) is 0. The molecule has 0 aromatic rings. The summed E-state index contributed by atoms with van der Waals surface area (Å²) in [6.07, 6.45) is 5.94. The van der Waals surface area contributed by atoms with Crippen molar-refractivity contribution in [2.45, 2.75) is 24.9 Å². The molecule has 0 aliphatic heterocycles. The summed E-state index contributed by atoms with van der Waals surface area (Å²) in [7, 11) is 2.81. The molecule has 0 nitrogen and oxygen atoms in total. The van der Waals surface area contributed by atoms with Gasteiger partial charge in [0.1, 0.15) is 0 Å². The van der Waals surface area contributed by atoms with Crippen molar-refractivity contribution in [1.82, 2.24) is 0 Å². The van der Waals surface area contributed by atoms with Crippen molar-refractivity contribution in [2.75, 3.05) is 0 Å².